The third-order valence-corrected chi connectivity index (χ3v) is 5.60. The van der Waals surface area contributed by atoms with E-state index in [1.54, 1.807) is 48.5 Å². The number of para-hydroxylation sites is 1. The zero-order chi connectivity index (χ0) is 24.4. The minimum Gasteiger partial charge on any atom is -0.452 e. The Morgan fingerprint density at radius 2 is 1.70 bits per heavy atom. The van der Waals surface area contributed by atoms with Crippen LogP contribution in [0.15, 0.2) is 53.4 Å². The number of thioether (sulfide) groups is 1. The first kappa shape index (κ1) is 26.2. The van der Waals surface area contributed by atoms with Gasteiger partial charge in [-0.15, -0.1) is 11.8 Å². The molecule has 33 heavy (non-hydrogen) atoms. The van der Waals surface area contributed by atoms with Crippen LogP contribution in [0.2, 0.25) is 5.02 Å². The Kier molecular flexibility index (Phi) is 10.2. The van der Waals surface area contributed by atoms with Crippen molar-refractivity contribution < 1.29 is 23.9 Å². The number of carbonyl (C=O) groups is 4. The molecule has 0 aliphatic heterocycles. The van der Waals surface area contributed by atoms with Gasteiger partial charge in [0.2, 0.25) is 11.8 Å². The second-order valence-electron chi connectivity index (χ2n) is 7.36. The van der Waals surface area contributed by atoms with E-state index >= 15 is 0 Å². The molecule has 0 bridgehead atoms. The largest absolute Gasteiger partial charge is 0.452 e. The van der Waals surface area contributed by atoms with E-state index in [1.807, 2.05) is 13.8 Å². The third kappa shape index (κ3) is 8.78. The molecule has 0 fully saturated rings. The van der Waals surface area contributed by atoms with Gasteiger partial charge in [0.1, 0.15) is 0 Å². The lowest BCUT2D eigenvalue weighted by Crippen LogP contribution is -2.37. The van der Waals surface area contributed by atoms with Crippen molar-refractivity contribution in [1.82, 2.24) is 10.2 Å². The average molecular weight is 492 g/mol. The van der Waals surface area contributed by atoms with Crippen molar-refractivity contribution in [2.45, 2.75) is 24.8 Å². The van der Waals surface area contributed by atoms with Gasteiger partial charge >= 0.3 is 5.97 Å². The van der Waals surface area contributed by atoms with Gasteiger partial charge < -0.3 is 20.3 Å². The fraction of sp³-hybridized carbons (Fsp3) is 0.304. The van der Waals surface area contributed by atoms with Gasteiger partial charge in [0, 0.05) is 18.0 Å². The maximum Gasteiger partial charge on any atom is 0.339 e. The van der Waals surface area contributed by atoms with E-state index in [2.05, 4.69) is 10.6 Å². The molecular weight excluding hydrogens is 466 g/mol. The third-order valence-electron chi connectivity index (χ3n) is 4.20. The minimum absolute atomic E-state index is 0.0214. The highest BCUT2D eigenvalue weighted by molar-refractivity contribution is 8.00. The van der Waals surface area contributed by atoms with Crippen molar-refractivity contribution >= 4 is 52.7 Å². The Morgan fingerprint density at radius 1 is 1.03 bits per heavy atom. The van der Waals surface area contributed by atoms with Gasteiger partial charge in [0.05, 0.1) is 28.6 Å². The van der Waals surface area contributed by atoms with Crippen LogP contribution in [0.25, 0.3) is 0 Å². The molecular formula is C23H26ClN3O5S. The fourth-order valence-corrected chi connectivity index (χ4v) is 3.67. The highest BCUT2D eigenvalue weighted by Gasteiger charge is 2.19. The van der Waals surface area contributed by atoms with E-state index < -0.39 is 24.4 Å². The topological polar surface area (TPSA) is 105 Å². The molecule has 3 amide bonds. The average Bonchev–Trinajstić information content (AvgIpc) is 2.77. The molecule has 0 radical (unpaired) electrons. The molecule has 176 valence electrons. The van der Waals surface area contributed by atoms with Gasteiger partial charge in [-0.1, -0.05) is 35.9 Å². The first-order chi connectivity index (χ1) is 15.7. The van der Waals surface area contributed by atoms with Gasteiger partial charge in [0.25, 0.3) is 5.91 Å². The van der Waals surface area contributed by atoms with Crippen molar-refractivity contribution in [2.75, 3.05) is 31.3 Å². The highest BCUT2D eigenvalue weighted by atomic mass is 35.5. The molecule has 2 N–H and O–H groups in total. The number of rotatable bonds is 10. The number of carbonyl (C=O) groups excluding carboxylic acids is 4. The van der Waals surface area contributed by atoms with E-state index in [1.165, 1.54) is 18.8 Å². The summed E-state index contributed by atoms with van der Waals surface area (Å²) < 4.78 is 5.15. The Hall–Kier alpha value is -3.04. The van der Waals surface area contributed by atoms with Crippen LogP contribution in [0.5, 0.6) is 0 Å². The Morgan fingerprint density at radius 3 is 2.39 bits per heavy atom. The first-order valence-corrected chi connectivity index (χ1v) is 11.5. The molecule has 2 aromatic rings. The zero-order valence-corrected chi connectivity index (χ0v) is 20.2. The maximum absolute atomic E-state index is 12.5. The summed E-state index contributed by atoms with van der Waals surface area (Å²) in [4.78, 5) is 50.6. The Balaban J connectivity index is 1.87. The first-order valence-electron chi connectivity index (χ1n) is 10.1. The summed E-state index contributed by atoms with van der Waals surface area (Å²) in [5.74, 6) is -1.68. The van der Waals surface area contributed by atoms with E-state index in [9.17, 15) is 19.2 Å². The lowest BCUT2D eigenvalue weighted by Gasteiger charge is -2.17. The number of esters is 1. The number of amides is 3. The van der Waals surface area contributed by atoms with Crippen LogP contribution in [-0.4, -0.2) is 60.6 Å². The lowest BCUT2D eigenvalue weighted by atomic mass is 10.2. The number of nitrogens with zero attached hydrogens (tertiary/aromatic N) is 1. The fourth-order valence-electron chi connectivity index (χ4n) is 2.64. The van der Waals surface area contributed by atoms with Crippen LogP contribution < -0.4 is 10.6 Å². The predicted molar refractivity (Wildman–Crippen MR) is 128 cm³/mol. The van der Waals surface area contributed by atoms with Crippen LogP contribution >= 0.6 is 23.4 Å². The molecule has 0 heterocycles. The number of ether oxygens (including phenoxy) is 1. The molecule has 2 aromatic carbocycles. The smallest absolute Gasteiger partial charge is 0.339 e. The molecule has 0 saturated heterocycles. The van der Waals surface area contributed by atoms with Crippen molar-refractivity contribution in [3.05, 3.63) is 59.1 Å². The van der Waals surface area contributed by atoms with Crippen molar-refractivity contribution in [2.24, 2.45) is 0 Å². The number of hydrogen-bond donors (Lipinski definition) is 2. The summed E-state index contributed by atoms with van der Waals surface area (Å²) in [5.41, 5.74) is 0.694. The van der Waals surface area contributed by atoms with Crippen molar-refractivity contribution in [3.8, 4) is 0 Å². The summed E-state index contributed by atoms with van der Waals surface area (Å²) in [6, 6.07) is 13.4. The monoisotopic (exact) mass is 491 g/mol. The summed E-state index contributed by atoms with van der Waals surface area (Å²) in [6.45, 7) is 2.96. The van der Waals surface area contributed by atoms with E-state index in [0.717, 1.165) is 4.90 Å². The van der Waals surface area contributed by atoms with Crippen molar-refractivity contribution in [3.63, 3.8) is 0 Å². The molecule has 2 rings (SSSR count). The molecule has 8 nitrogen and oxygen atoms in total. The standard InChI is InChI=1S/C23H26ClN3O5S/c1-15(2)25-21(29)14-33-19-11-7-4-8-16(19)23(31)32-13-22(30)27(3)12-20(28)26-18-10-6-5-9-17(18)24/h4-11,15H,12-14H2,1-3H3,(H,25,29)(H,26,28). The van der Waals surface area contributed by atoms with E-state index in [0.29, 0.717) is 15.6 Å². The van der Waals surface area contributed by atoms with E-state index in [4.69, 9.17) is 16.3 Å². The van der Waals surface area contributed by atoms with Crippen LogP contribution in [-0.2, 0) is 19.1 Å². The quantitative estimate of drug-likeness (QED) is 0.390. The SMILES string of the molecule is CC(C)NC(=O)CSc1ccccc1C(=O)OCC(=O)N(C)CC(=O)Nc1ccccc1Cl. The number of anilines is 1. The van der Waals surface area contributed by atoms with Gasteiger partial charge in [-0.05, 0) is 38.1 Å². The molecule has 0 unspecified atom stereocenters. The van der Waals surface area contributed by atoms with Crippen LogP contribution in [0.4, 0.5) is 5.69 Å². The van der Waals surface area contributed by atoms with Gasteiger partial charge in [0.15, 0.2) is 6.61 Å². The number of benzene rings is 2. The Labute approximate surface area is 202 Å². The van der Waals surface area contributed by atoms with E-state index in [-0.39, 0.29) is 29.8 Å². The van der Waals surface area contributed by atoms with Crippen LogP contribution in [0, 0.1) is 0 Å². The maximum atomic E-state index is 12.5. The molecule has 0 aromatic heterocycles. The predicted octanol–water partition coefficient (Wildman–Crippen LogP) is 3.21. The number of likely N-dealkylation sites (N-methyl/N-ethyl adjacent to an activating group) is 1. The van der Waals surface area contributed by atoms with Gasteiger partial charge in [-0.2, -0.15) is 0 Å². The zero-order valence-electron chi connectivity index (χ0n) is 18.6. The normalized spacial score (nSPS) is 10.5. The minimum atomic E-state index is -0.690. The van der Waals surface area contributed by atoms with Crippen LogP contribution in [0.3, 0.4) is 0 Å². The molecule has 0 atom stereocenters. The van der Waals surface area contributed by atoms with Gasteiger partial charge in [-0.25, -0.2) is 4.79 Å². The molecule has 0 saturated carbocycles. The van der Waals surface area contributed by atoms with Gasteiger partial charge in [-0.3, -0.25) is 14.4 Å². The second kappa shape index (κ2) is 12.9. The number of halogens is 1. The molecule has 10 heteroatoms. The number of nitrogens with one attached hydrogen (secondary N) is 2. The second-order valence-corrected chi connectivity index (χ2v) is 8.79. The summed E-state index contributed by atoms with van der Waals surface area (Å²) in [5, 5.41) is 5.78. The molecule has 0 spiro atoms. The van der Waals surface area contributed by atoms with Crippen LogP contribution in [0.1, 0.15) is 24.2 Å². The summed E-state index contributed by atoms with van der Waals surface area (Å²) in [7, 11) is 1.43. The summed E-state index contributed by atoms with van der Waals surface area (Å²) >= 11 is 7.21. The molecule has 0 aliphatic rings. The number of hydrogen-bond acceptors (Lipinski definition) is 6. The summed E-state index contributed by atoms with van der Waals surface area (Å²) in [6.07, 6.45) is 0. The molecule has 0 aliphatic carbocycles. The highest BCUT2D eigenvalue weighted by Crippen LogP contribution is 2.23. The Bertz CT molecular complexity index is 1020. The lowest BCUT2D eigenvalue weighted by molar-refractivity contribution is -0.136. The van der Waals surface area contributed by atoms with Crippen molar-refractivity contribution in [1.29, 1.82) is 0 Å².